The minimum atomic E-state index is -0.323. The minimum absolute atomic E-state index is 0.110. The molecular formula is C14H18BrFN2O2. The quantitative estimate of drug-likeness (QED) is 0.885. The third-order valence-corrected chi connectivity index (χ3v) is 4.28. The molecule has 1 heterocycles. The highest BCUT2D eigenvalue weighted by Crippen LogP contribution is 2.18. The average Bonchev–Trinajstić information content (AvgIpc) is 2.48. The standard InChI is InChI=1S/C14H18BrFN2O2/c15-13-4-3-12(16)6-11(13)7-17-14(20)18-5-1-2-10(8-18)9-19/h3-4,6,10,19H,1-2,5,7-9H2,(H,17,20). The number of rotatable bonds is 3. The van der Waals surface area contributed by atoms with Gasteiger partial charge in [0.25, 0.3) is 0 Å². The van der Waals surface area contributed by atoms with Crippen LogP contribution in [0.4, 0.5) is 9.18 Å². The van der Waals surface area contributed by atoms with Crippen LogP contribution in [0.3, 0.4) is 0 Å². The molecule has 110 valence electrons. The van der Waals surface area contributed by atoms with E-state index in [1.54, 1.807) is 11.0 Å². The van der Waals surface area contributed by atoms with E-state index in [9.17, 15) is 9.18 Å². The van der Waals surface area contributed by atoms with E-state index < -0.39 is 0 Å². The summed E-state index contributed by atoms with van der Waals surface area (Å²) in [6.07, 6.45) is 1.86. The number of nitrogens with zero attached hydrogens (tertiary/aromatic N) is 1. The van der Waals surface area contributed by atoms with Crippen molar-refractivity contribution in [2.24, 2.45) is 5.92 Å². The first-order valence-corrected chi connectivity index (χ1v) is 7.47. The molecule has 0 radical (unpaired) electrons. The van der Waals surface area contributed by atoms with E-state index in [-0.39, 0.29) is 30.9 Å². The Hall–Kier alpha value is -1.14. The monoisotopic (exact) mass is 344 g/mol. The van der Waals surface area contributed by atoms with Crippen molar-refractivity contribution in [3.05, 3.63) is 34.1 Å². The Bertz CT molecular complexity index is 484. The number of likely N-dealkylation sites (tertiary alicyclic amines) is 1. The third-order valence-electron chi connectivity index (χ3n) is 3.50. The van der Waals surface area contributed by atoms with Crippen molar-refractivity contribution < 1.29 is 14.3 Å². The zero-order chi connectivity index (χ0) is 14.5. The summed E-state index contributed by atoms with van der Waals surface area (Å²) in [5, 5.41) is 11.9. The Labute approximate surface area is 126 Å². The largest absolute Gasteiger partial charge is 0.396 e. The van der Waals surface area contributed by atoms with Crippen molar-refractivity contribution in [1.82, 2.24) is 10.2 Å². The Kier molecular flexibility index (Phi) is 5.37. The van der Waals surface area contributed by atoms with Crippen molar-refractivity contribution in [3.8, 4) is 0 Å². The van der Waals surface area contributed by atoms with Crippen LogP contribution in [0.2, 0.25) is 0 Å². The number of urea groups is 1. The maximum absolute atomic E-state index is 13.2. The van der Waals surface area contributed by atoms with E-state index in [0.717, 1.165) is 17.3 Å². The van der Waals surface area contributed by atoms with Gasteiger partial charge in [0.2, 0.25) is 0 Å². The van der Waals surface area contributed by atoms with Crippen LogP contribution in [0.25, 0.3) is 0 Å². The summed E-state index contributed by atoms with van der Waals surface area (Å²) in [7, 11) is 0. The van der Waals surface area contributed by atoms with Crippen LogP contribution >= 0.6 is 15.9 Å². The highest BCUT2D eigenvalue weighted by molar-refractivity contribution is 9.10. The van der Waals surface area contributed by atoms with Gasteiger partial charge in [0, 0.05) is 30.7 Å². The predicted molar refractivity (Wildman–Crippen MR) is 77.7 cm³/mol. The molecular weight excluding hydrogens is 327 g/mol. The number of aliphatic hydroxyl groups excluding tert-OH is 1. The molecule has 1 aromatic carbocycles. The number of hydrogen-bond donors (Lipinski definition) is 2. The fourth-order valence-electron chi connectivity index (χ4n) is 2.36. The molecule has 0 bridgehead atoms. The van der Waals surface area contributed by atoms with Crippen LogP contribution in [-0.4, -0.2) is 35.7 Å². The maximum atomic E-state index is 13.2. The number of hydrogen-bond acceptors (Lipinski definition) is 2. The summed E-state index contributed by atoms with van der Waals surface area (Å²) < 4.78 is 13.9. The lowest BCUT2D eigenvalue weighted by Gasteiger charge is -2.31. The average molecular weight is 345 g/mol. The Morgan fingerprint density at radius 3 is 3.10 bits per heavy atom. The topological polar surface area (TPSA) is 52.6 Å². The summed E-state index contributed by atoms with van der Waals surface area (Å²) in [6.45, 7) is 1.66. The zero-order valence-electron chi connectivity index (χ0n) is 11.1. The fraction of sp³-hybridized carbons (Fsp3) is 0.500. The SMILES string of the molecule is O=C(NCc1cc(F)ccc1Br)N1CCCC(CO)C1. The van der Waals surface area contributed by atoms with Crippen molar-refractivity contribution in [3.63, 3.8) is 0 Å². The first kappa shape index (κ1) is 15.3. The fourth-order valence-corrected chi connectivity index (χ4v) is 2.75. The Morgan fingerprint density at radius 2 is 2.35 bits per heavy atom. The third kappa shape index (κ3) is 3.93. The molecule has 2 amide bonds. The molecule has 0 saturated carbocycles. The van der Waals surface area contributed by atoms with Crippen LogP contribution in [0.15, 0.2) is 22.7 Å². The van der Waals surface area contributed by atoms with Crippen LogP contribution < -0.4 is 5.32 Å². The highest BCUT2D eigenvalue weighted by atomic mass is 79.9. The van der Waals surface area contributed by atoms with Crippen LogP contribution in [0.1, 0.15) is 18.4 Å². The number of piperidine rings is 1. The Morgan fingerprint density at radius 1 is 1.55 bits per heavy atom. The van der Waals surface area contributed by atoms with Gasteiger partial charge in [-0.3, -0.25) is 0 Å². The summed E-state index contributed by atoms with van der Waals surface area (Å²) >= 11 is 3.33. The van der Waals surface area contributed by atoms with Gasteiger partial charge < -0.3 is 15.3 Å². The summed E-state index contributed by atoms with van der Waals surface area (Å²) in [5.41, 5.74) is 0.703. The van der Waals surface area contributed by atoms with Gasteiger partial charge in [-0.2, -0.15) is 0 Å². The molecule has 1 atom stereocenters. The number of benzene rings is 1. The molecule has 0 aliphatic carbocycles. The van der Waals surface area contributed by atoms with Gasteiger partial charge in [-0.15, -0.1) is 0 Å². The molecule has 0 spiro atoms. The normalized spacial score (nSPS) is 18.9. The molecule has 6 heteroatoms. The van der Waals surface area contributed by atoms with Crippen LogP contribution in [-0.2, 0) is 6.54 Å². The molecule has 2 rings (SSSR count). The second kappa shape index (κ2) is 7.04. The highest BCUT2D eigenvalue weighted by Gasteiger charge is 2.22. The molecule has 1 aliphatic heterocycles. The predicted octanol–water partition coefficient (Wildman–Crippen LogP) is 2.50. The number of halogens is 2. The second-order valence-corrected chi connectivity index (χ2v) is 5.89. The number of carbonyl (C=O) groups excluding carboxylic acids is 1. The zero-order valence-corrected chi connectivity index (χ0v) is 12.7. The lowest BCUT2D eigenvalue weighted by atomic mass is 9.99. The molecule has 20 heavy (non-hydrogen) atoms. The van der Waals surface area contributed by atoms with E-state index in [1.807, 2.05) is 0 Å². The Balaban J connectivity index is 1.90. The smallest absolute Gasteiger partial charge is 0.317 e. The molecule has 1 unspecified atom stereocenters. The molecule has 1 fully saturated rings. The van der Waals surface area contributed by atoms with Gasteiger partial charge in [-0.05, 0) is 42.5 Å². The van der Waals surface area contributed by atoms with Crippen molar-refractivity contribution >= 4 is 22.0 Å². The van der Waals surface area contributed by atoms with Gasteiger partial charge in [-0.25, -0.2) is 9.18 Å². The number of carbonyl (C=O) groups is 1. The molecule has 0 aromatic heterocycles. The minimum Gasteiger partial charge on any atom is -0.396 e. The van der Waals surface area contributed by atoms with Gasteiger partial charge >= 0.3 is 6.03 Å². The van der Waals surface area contributed by atoms with Crippen molar-refractivity contribution in [2.75, 3.05) is 19.7 Å². The van der Waals surface area contributed by atoms with Gasteiger partial charge in [0.05, 0.1) is 0 Å². The summed E-state index contributed by atoms with van der Waals surface area (Å²) in [6, 6.07) is 4.22. The van der Waals surface area contributed by atoms with E-state index >= 15 is 0 Å². The summed E-state index contributed by atoms with van der Waals surface area (Å²) in [5.74, 6) is -0.161. The van der Waals surface area contributed by atoms with Gasteiger partial charge in [0.15, 0.2) is 0 Å². The van der Waals surface area contributed by atoms with E-state index in [2.05, 4.69) is 21.2 Å². The van der Waals surface area contributed by atoms with Crippen molar-refractivity contribution in [2.45, 2.75) is 19.4 Å². The van der Waals surface area contributed by atoms with Crippen LogP contribution in [0, 0.1) is 11.7 Å². The summed E-state index contributed by atoms with van der Waals surface area (Å²) in [4.78, 5) is 13.8. The number of aliphatic hydroxyl groups is 1. The van der Waals surface area contributed by atoms with E-state index in [4.69, 9.17) is 5.11 Å². The first-order chi connectivity index (χ1) is 9.60. The molecule has 1 saturated heterocycles. The first-order valence-electron chi connectivity index (χ1n) is 6.67. The lowest BCUT2D eigenvalue weighted by molar-refractivity contribution is 0.129. The molecule has 1 aromatic rings. The van der Waals surface area contributed by atoms with Gasteiger partial charge in [-0.1, -0.05) is 15.9 Å². The lowest BCUT2D eigenvalue weighted by Crippen LogP contribution is -2.45. The molecule has 2 N–H and O–H groups in total. The molecule has 1 aliphatic rings. The maximum Gasteiger partial charge on any atom is 0.317 e. The van der Waals surface area contributed by atoms with Gasteiger partial charge in [0.1, 0.15) is 5.82 Å². The van der Waals surface area contributed by atoms with Crippen LogP contribution in [0.5, 0.6) is 0 Å². The van der Waals surface area contributed by atoms with E-state index in [0.29, 0.717) is 18.7 Å². The number of nitrogens with one attached hydrogen (secondary N) is 1. The second-order valence-electron chi connectivity index (χ2n) is 5.03. The molecule has 4 nitrogen and oxygen atoms in total. The van der Waals surface area contributed by atoms with Crippen molar-refractivity contribution in [1.29, 1.82) is 0 Å². The number of amides is 2. The van der Waals surface area contributed by atoms with E-state index in [1.165, 1.54) is 12.1 Å².